The molecule has 1 fully saturated rings. The lowest BCUT2D eigenvalue weighted by atomic mass is 9.92. The Morgan fingerprint density at radius 1 is 1.39 bits per heavy atom. The van der Waals surface area contributed by atoms with Crippen molar-refractivity contribution in [1.29, 1.82) is 0 Å². The van der Waals surface area contributed by atoms with E-state index in [1.54, 1.807) is 0 Å². The molecule has 0 saturated carbocycles. The molecule has 2 heterocycles. The molecule has 0 spiro atoms. The number of aromatic nitrogens is 2. The summed E-state index contributed by atoms with van der Waals surface area (Å²) in [6.45, 7) is 6.59. The molecule has 2 rings (SSSR count). The van der Waals surface area contributed by atoms with E-state index in [1.165, 1.54) is 16.4 Å². The highest BCUT2D eigenvalue weighted by molar-refractivity contribution is 7.05. The van der Waals surface area contributed by atoms with Crippen LogP contribution in [0.15, 0.2) is 0 Å². The molecular weight excluding hydrogens is 250 g/mol. The maximum Gasteiger partial charge on any atom is 0.0901 e. The summed E-state index contributed by atoms with van der Waals surface area (Å²) in [7, 11) is 0. The van der Waals surface area contributed by atoms with Gasteiger partial charge in [-0.3, -0.25) is 4.90 Å². The zero-order chi connectivity index (χ0) is 13.2. The highest BCUT2D eigenvalue weighted by Gasteiger charge is 2.31. The van der Waals surface area contributed by atoms with Gasteiger partial charge in [0.05, 0.1) is 22.8 Å². The lowest BCUT2D eigenvalue weighted by Gasteiger charge is -2.36. The molecule has 18 heavy (non-hydrogen) atoms. The summed E-state index contributed by atoms with van der Waals surface area (Å²) in [5.41, 5.74) is 0.214. The molecule has 0 aliphatic carbocycles. The van der Waals surface area contributed by atoms with Gasteiger partial charge >= 0.3 is 0 Å². The predicted molar refractivity (Wildman–Crippen MR) is 70.5 cm³/mol. The van der Waals surface area contributed by atoms with Crippen LogP contribution in [0.5, 0.6) is 0 Å². The van der Waals surface area contributed by atoms with Crippen molar-refractivity contribution >= 4 is 11.5 Å². The average Bonchev–Trinajstić information content (AvgIpc) is 2.81. The molecule has 0 unspecified atom stereocenters. The molecule has 1 aliphatic rings. The SMILES string of the molecule is CC(C)c1nnsc1CN1CCC(O)(CO)CC1. The number of piperidine rings is 1. The van der Waals surface area contributed by atoms with Crippen LogP contribution < -0.4 is 0 Å². The monoisotopic (exact) mass is 271 g/mol. The smallest absolute Gasteiger partial charge is 0.0901 e. The summed E-state index contributed by atoms with van der Waals surface area (Å²) in [6, 6.07) is 0. The van der Waals surface area contributed by atoms with Crippen LogP contribution in [-0.2, 0) is 6.54 Å². The van der Waals surface area contributed by atoms with Gasteiger partial charge in [0, 0.05) is 19.6 Å². The molecule has 6 heteroatoms. The average molecular weight is 271 g/mol. The van der Waals surface area contributed by atoms with Gasteiger partial charge in [-0.25, -0.2) is 0 Å². The molecule has 1 saturated heterocycles. The molecular formula is C12H21N3O2S. The second-order valence-electron chi connectivity index (χ2n) is 5.39. The Labute approximate surface area is 112 Å². The maximum absolute atomic E-state index is 9.97. The Kier molecular flexibility index (Phi) is 4.32. The van der Waals surface area contributed by atoms with E-state index in [0.29, 0.717) is 18.8 Å². The number of aliphatic hydroxyl groups is 2. The summed E-state index contributed by atoms with van der Waals surface area (Å²) in [4.78, 5) is 3.52. The fraction of sp³-hybridized carbons (Fsp3) is 0.833. The minimum Gasteiger partial charge on any atom is -0.393 e. The van der Waals surface area contributed by atoms with Crippen molar-refractivity contribution in [3.8, 4) is 0 Å². The Morgan fingerprint density at radius 2 is 2.06 bits per heavy atom. The van der Waals surface area contributed by atoms with Gasteiger partial charge in [-0.05, 0) is 30.3 Å². The van der Waals surface area contributed by atoms with Crippen LogP contribution in [0.4, 0.5) is 0 Å². The number of aliphatic hydroxyl groups excluding tert-OH is 1. The van der Waals surface area contributed by atoms with Crippen LogP contribution in [0.2, 0.25) is 0 Å². The molecule has 0 atom stereocenters. The van der Waals surface area contributed by atoms with Gasteiger partial charge in [0.25, 0.3) is 0 Å². The van der Waals surface area contributed by atoms with Gasteiger partial charge in [-0.1, -0.05) is 18.3 Å². The first-order valence-corrected chi connectivity index (χ1v) is 7.18. The van der Waals surface area contributed by atoms with Gasteiger partial charge in [0.2, 0.25) is 0 Å². The molecule has 0 amide bonds. The van der Waals surface area contributed by atoms with Crippen LogP contribution in [0.25, 0.3) is 0 Å². The van der Waals surface area contributed by atoms with E-state index in [-0.39, 0.29) is 6.61 Å². The van der Waals surface area contributed by atoms with Crippen LogP contribution in [0.1, 0.15) is 43.2 Å². The lowest BCUT2D eigenvalue weighted by molar-refractivity contribution is -0.0605. The zero-order valence-electron chi connectivity index (χ0n) is 11.0. The van der Waals surface area contributed by atoms with Crippen molar-refractivity contribution in [2.45, 2.75) is 44.8 Å². The van der Waals surface area contributed by atoms with Crippen molar-refractivity contribution in [2.24, 2.45) is 0 Å². The summed E-state index contributed by atoms with van der Waals surface area (Å²) in [5, 5.41) is 23.3. The van der Waals surface area contributed by atoms with Gasteiger partial charge in [-0.2, -0.15) is 0 Å². The predicted octanol–water partition coefficient (Wildman–Crippen LogP) is 0.981. The van der Waals surface area contributed by atoms with Crippen LogP contribution in [0, 0.1) is 0 Å². The van der Waals surface area contributed by atoms with Crippen LogP contribution in [0.3, 0.4) is 0 Å². The van der Waals surface area contributed by atoms with Crippen molar-refractivity contribution in [3.63, 3.8) is 0 Å². The van der Waals surface area contributed by atoms with E-state index >= 15 is 0 Å². The fourth-order valence-electron chi connectivity index (χ4n) is 2.25. The van der Waals surface area contributed by atoms with Gasteiger partial charge in [0.1, 0.15) is 0 Å². The number of hydrogen-bond acceptors (Lipinski definition) is 6. The molecule has 0 radical (unpaired) electrons. The number of hydrogen-bond donors (Lipinski definition) is 2. The molecule has 5 nitrogen and oxygen atoms in total. The van der Waals surface area contributed by atoms with Crippen molar-refractivity contribution in [1.82, 2.24) is 14.5 Å². The Morgan fingerprint density at radius 3 is 2.61 bits per heavy atom. The van der Waals surface area contributed by atoms with E-state index in [2.05, 4.69) is 28.3 Å². The molecule has 1 aromatic rings. The van der Waals surface area contributed by atoms with E-state index in [1.807, 2.05) is 0 Å². The third kappa shape index (κ3) is 3.06. The van der Waals surface area contributed by atoms with Gasteiger partial charge in [0.15, 0.2) is 0 Å². The first-order valence-electron chi connectivity index (χ1n) is 6.41. The summed E-state index contributed by atoms with van der Waals surface area (Å²) >= 11 is 1.46. The van der Waals surface area contributed by atoms with E-state index in [9.17, 15) is 5.11 Å². The van der Waals surface area contributed by atoms with Gasteiger partial charge in [-0.15, -0.1) is 5.10 Å². The standard InChI is InChI=1S/C12H21N3O2S/c1-9(2)11-10(18-14-13-11)7-15-5-3-12(17,8-16)4-6-15/h9,16-17H,3-8H2,1-2H3. The minimum atomic E-state index is -0.872. The molecule has 0 bridgehead atoms. The highest BCUT2D eigenvalue weighted by Crippen LogP contribution is 2.26. The molecule has 1 aromatic heterocycles. The van der Waals surface area contributed by atoms with E-state index in [4.69, 9.17) is 5.11 Å². The maximum atomic E-state index is 9.97. The van der Waals surface area contributed by atoms with E-state index in [0.717, 1.165) is 25.3 Å². The summed E-state index contributed by atoms with van der Waals surface area (Å²) in [6.07, 6.45) is 1.26. The molecule has 0 aromatic carbocycles. The second kappa shape index (κ2) is 5.61. The Hall–Kier alpha value is -0.560. The summed E-state index contributed by atoms with van der Waals surface area (Å²) < 4.78 is 4.03. The molecule has 2 N–H and O–H groups in total. The van der Waals surface area contributed by atoms with Crippen LogP contribution >= 0.6 is 11.5 Å². The first kappa shape index (κ1) is 13.9. The topological polar surface area (TPSA) is 69.5 Å². The lowest BCUT2D eigenvalue weighted by Crippen LogP contribution is -2.46. The second-order valence-corrected chi connectivity index (χ2v) is 6.23. The van der Waals surface area contributed by atoms with E-state index < -0.39 is 5.60 Å². The summed E-state index contributed by atoms with van der Waals surface area (Å²) in [5.74, 6) is 0.401. The third-order valence-electron chi connectivity index (χ3n) is 3.58. The number of rotatable bonds is 4. The normalized spacial score (nSPS) is 20.5. The van der Waals surface area contributed by atoms with Crippen molar-refractivity contribution < 1.29 is 10.2 Å². The molecule has 102 valence electrons. The Balaban J connectivity index is 1.94. The number of nitrogens with zero attached hydrogens (tertiary/aromatic N) is 3. The quantitative estimate of drug-likeness (QED) is 0.854. The van der Waals surface area contributed by atoms with Crippen molar-refractivity contribution in [2.75, 3.05) is 19.7 Å². The van der Waals surface area contributed by atoms with Crippen molar-refractivity contribution in [3.05, 3.63) is 10.6 Å². The van der Waals surface area contributed by atoms with Crippen LogP contribution in [-0.4, -0.2) is 50.0 Å². The number of likely N-dealkylation sites (tertiary alicyclic amines) is 1. The first-order chi connectivity index (χ1) is 8.54. The van der Waals surface area contributed by atoms with Gasteiger partial charge < -0.3 is 10.2 Å². The third-order valence-corrected chi connectivity index (χ3v) is 4.30. The zero-order valence-corrected chi connectivity index (χ0v) is 11.8. The Bertz CT molecular complexity index is 386. The highest BCUT2D eigenvalue weighted by atomic mass is 32.1. The fourth-order valence-corrected chi connectivity index (χ4v) is 3.09. The molecule has 1 aliphatic heterocycles. The minimum absolute atomic E-state index is 0.139. The largest absolute Gasteiger partial charge is 0.393 e.